The molecule has 0 amide bonds. The van der Waals surface area contributed by atoms with Gasteiger partial charge in [-0.15, -0.1) is 0 Å². The third kappa shape index (κ3) is 2.95. The van der Waals surface area contributed by atoms with Gasteiger partial charge in [-0.25, -0.2) is 0 Å². The summed E-state index contributed by atoms with van der Waals surface area (Å²) in [7, 11) is 6.04. The van der Waals surface area contributed by atoms with Crippen molar-refractivity contribution in [2.24, 2.45) is 13.0 Å². The van der Waals surface area contributed by atoms with E-state index in [0.717, 1.165) is 43.7 Å². The molecule has 1 fully saturated rings. The quantitative estimate of drug-likeness (QED) is 0.829. The zero-order valence-corrected chi connectivity index (χ0v) is 13.2. The Morgan fingerprint density at radius 3 is 2.60 bits per heavy atom. The van der Waals surface area contributed by atoms with E-state index in [2.05, 4.69) is 31.0 Å². The number of hydrogen-bond donors (Lipinski definition) is 0. The topological polar surface area (TPSA) is 38.1 Å². The van der Waals surface area contributed by atoms with Crippen LogP contribution in [0.4, 0.5) is 0 Å². The highest BCUT2D eigenvalue weighted by Crippen LogP contribution is 2.36. The van der Waals surface area contributed by atoms with Gasteiger partial charge in [0, 0.05) is 25.4 Å². The van der Waals surface area contributed by atoms with Gasteiger partial charge in [-0.05, 0) is 58.2 Å². The van der Waals surface area contributed by atoms with Crippen molar-refractivity contribution in [2.45, 2.75) is 51.0 Å². The molecular weight excluding hydrogens is 250 g/mol. The lowest BCUT2D eigenvalue weighted by atomic mass is 9.73. The van der Waals surface area contributed by atoms with E-state index in [1.165, 1.54) is 0 Å². The average molecular weight is 277 g/mol. The molecule has 0 unspecified atom stereocenters. The number of Topliss-reactive ketones (excluding diaryl/α,β-unsaturated/α-hetero) is 1. The normalized spacial score (nSPS) is 26.9. The SMILES string of the molecule is CC1CCC(C(=O)CCc2ccnn2C)(N(C)C)CC1. The predicted molar refractivity (Wildman–Crippen MR) is 80.6 cm³/mol. The number of carbonyl (C=O) groups is 1. The van der Waals surface area contributed by atoms with Gasteiger partial charge in [0.25, 0.3) is 0 Å². The van der Waals surface area contributed by atoms with Crippen LogP contribution < -0.4 is 0 Å². The van der Waals surface area contributed by atoms with Gasteiger partial charge in [-0.1, -0.05) is 6.92 Å². The number of carbonyl (C=O) groups excluding carboxylic acids is 1. The third-order valence-electron chi connectivity index (χ3n) is 5.01. The van der Waals surface area contributed by atoms with Crippen molar-refractivity contribution in [1.29, 1.82) is 0 Å². The van der Waals surface area contributed by atoms with E-state index >= 15 is 0 Å². The van der Waals surface area contributed by atoms with Crippen LogP contribution in [-0.2, 0) is 18.3 Å². The van der Waals surface area contributed by atoms with Crippen LogP contribution in [0.15, 0.2) is 12.3 Å². The second kappa shape index (κ2) is 6.08. The fourth-order valence-corrected chi connectivity index (χ4v) is 3.34. The van der Waals surface area contributed by atoms with Gasteiger partial charge in [0.15, 0.2) is 5.78 Å². The molecule has 1 aromatic rings. The van der Waals surface area contributed by atoms with Gasteiger partial charge in [-0.3, -0.25) is 14.4 Å². The molecule has 1 saturated carbocycles. The molecule has 1 aromatic heterocycles. The van der Waals surface area contributed by atoms with E-state index in [1.54, 1.807) is 6.20 Å². The highest BCUT2D eigenvalue weighted by atomic mass is 16.1. The molecule has 0 spiro atoms. The summed E-state index contributed by atoms with van der Waals surface area (Å²) in [6.45, 7) is 2.29. The Kier molecular flexibility index (Phi) is 4.63. The lowest BCUT2D eigenvalue weighted by Crippen LogP contribution is -2.53. The molecule has 0 aliphatic heterocycles. The van der Waals surface area contributed by atoms with Crippen LogP contribution in [0.1, 0.15) is 44.7 Å². The standard InChI is InChI=1S/C16H27N3O/c1-13-7-10-16(11-8-13,18(2)3)15(20)6-5-14-9-12-17-19(14)4/h9,12-13H,5-8,10-11H2,1-4H3. The molecule has 1 aliphatic carbocycles. The van der Waals surface area contributed by atoms with E-state index < -0.39 is 0 Å². The zero-order valence-electron chi connectivity index (χ0n) is 13.2. The fourth-order valence-electron chi connectivity index (χ4n) is 3.34. The number of ketones is 1. The maximum absolute atomic E-state index is 12.8. The molecule has 112 valence electrons. The minimum absolute atomic E-state index is 0.231. The Labute approximate surface area is 122 Å². The maximum Gasteiger partial charge on any atom is 0.153 e. The Bertz CT molecular complexity index is 456. The van der Waals surface area contributed by atoms with Gasteiger partial charge in [-0.2, -0.15) is 5.10 Å². The summed E-state index contributed by atoms with van der Waals surface area (Å²) in [5.41, 5.74) is 0.905. The average Bonchev–Trinajstić information content (AvgIpc) is 2.82. The van der Waals surface area contributed by atoms with Crippen molar-refractivity contribution >= 4 is 5.78 Å². The monoisotopic (exact) mass is 277 g/mol. The first-order chi connectivity index (χ1) is 9.45. The second-order valence-corrected chi connectivity index (χ2v) is 6.48. The first kappa shape index (κ1) is 15.2. The number of hydrogen-bond acceptors (Lipinski definition) is 3. The molecule has 0 aromatic carbocycles. The lowest BCUT2D eigenvalue weighted by molar-refractivity contribution is -0.132. The van der Waals surface area contributed by atoms with Gasteiger partial charge in [0.1, 0.15) is 0 Å². The van der Waals surface area contributed by atoms with Crippen LogP contribution in [-0.4, -0.2) is 40.1 Å². The van der Waals surface area contributed by atoms with Crippen LogP contribution >= 0.6 is 0 Å². The Morgan fingerprint density at radius 2 is 2.10 bits per heavy atom. The number of nitrogens with zero attached hydrogens (tertiary/aromatic N) is 3. The van der Waals surface area contributed by atoms with Crippen molar-refractivity contribution in [3.63, 3.8) is 0 Å². The minimum atomic E-state index is -0.231. The first-order valence-corrected chi connectivity index (χ1v) is 7.63. The summed E-state index contributed by atoms with van der Waals surface area (Å²) >= 11 is 0. The summed E-state index contributed by atoms with van der Waals surface area (Å²) < 4.78 is 1.86. The summed E-state index contributed by atoms with van der Waals surface area (Å²) in [4.78, 5) is 15.0. The minimum Gasteiger partial charge on any atom is -0.298 e. The Balaban J connectivity index is 2.03. The first-order valence-electron chi connectivity index (χ1n) is 7.63. The van der Waals surface area contributed by atoms with Gasteiger partial charge in [0.05, 0.1) is 5.54 Å². The molecule has 0 bridgehead atoms. The number of likely N-dealkylation sites (N-methyl/N-ethyl adjacent to an activating group) is 1. The van der Waals surface area contributed by atoms with Crippen LogP contribution in [0.3, 0.4) is 0 Å². The molecule has 20 heavy (non-hydrogen) atoms. The molecule has 0 radical (unpaired) electrons. The summed E-state index contributed by atoms with van der Waals surface area (Å²) in [5.74, 6) is 1.16. The zero-order chi connectivity index (χ0) is 14.8. The largest absolute Gasteiger partial charge is 0.298 e. The maximum atomic E-state index is 12.8. The predicted octanol–water partition coefficient (Wildman–Crippen LogP) is 2.43. The fraction of sp³-hybridized carbons (Fsp3) is 0.750. The number of aryl methyl sites for hydroxylation is 2. The number of rotatable bonds is 5. The van der Waals surface area contributed by atoms with Crippen LogP contribution in [0.2, 0.25) is 0 Å². The Hall–Kier alpha value is -1.16. The van der Waals surface area contributed by atoms with E-state index in [1.807, 2.05) is 17.8 Å². The molecule has 0 N–H and O–H groups in total. The van der Waals surface area contributed by atoms with Gasteiger partial charge in [0.2, 0.25) is 0 Å². The molecule has 1 aliphatic rings. The molecule has 0 atom stereocenters. The van der Waals surface area contributed by atoms with E-state index in [9.17, 15) is 4.79 Å². The summed E-state index contributed by atoms with van der Waals surface area (Å²) in [6, 6.07) is 2.00. The van der Waals surface area contributed by atoms with Gasteiger partial charge >= 0.3 is 0 Å². The van der Waals surface area contributed by atoms with Crippen molar-refractivity contribution < 1.29 is 4.79 Å². The molecular formula is C16H27N3O. The lowest BCUT2D eigenvalue weighted by Gasteiger charge is -2.43. The van der Waals surface area contributed by atoms with Crippen LogP contribution in [0.5, 0.6) is 0 Å². The van der Waals surface area contributed by atoms with E-state index in [-0.39, 0.29) is 5.54 Å². The van der Waals surface area contributed by atoms with Crippen LogP contribution in [0, 0.1) is 5.92 Å². The van der Waals surface area contributed by atoms with Crippen molar-refractivity contribution in [3.8, 4) is 0 Å². The van der Waals surface area contributed by atoms with E-state index in [4.69, 9.17) is 0 Å². The molecule has 4 heteroatoms. The van der Waals surface area contributed by atoms with Crippen molar-refractivity contribution in [2.75, 3.05) is 14.1 Å². The van der Waals surface area contributed by atoms with Gasteiger partial charge < -0.3 is 0 Å². The Morgan fingerprint density at radius 1 is 1.45 bits per heavy atom. The summed E-state index contributed by atoms with van der Waals surface area (Å²) in [5, 5.41) is 4.16. The molecule has 4 nitrogen and oxygen atoms in total. The number of aromatic nitrogens is 2. The molecule has 1 heterocycles. The highest BCUT2D eigenvalue weighted by molar-refractivity contribution is 5.88. The van der Waals surface area contributed by atoms with Crippen molar-refractivity contribution in [1.82, 2.24) is 14.7 Å². The second-order valence-electron chi connectivity index (χ2n) is 6.48. The molecule has 0 saturated heterocycles. The summed E-state index contributed by atoms with van der Waals surface area (Å²) in [6.07, 6.45) is 7.54. The van der Waals surface area contributed by atoms with E-state index in [0.29, 0.717) is 12.2 Å². The molecule has 2 rings (SSSR count). The van der Waals surface area contributed by atoms with Crippen molar-refractivity contribution in [3.05, 3.63) is 18.0 Å². The van der Waals surface area contributed by atoms with Crippen LogP contribution in [0.25, 0.3) is 0 Å². The highest BCUT2D eigenvalue weighted by Gasteiger charge is 2.41. The smallest absolute Gasteiger partial charge is 0.153 e. The third-order valence-corrected chi connectivity index (χ3v) is 5.01.